The van der Waals surface area contributed by atoms with E-state index >= 15 is 0 Å². The SMILES string of the molecule is C=CCn1c(=O)c2ccccc2n2c(SC[C@@H](O)c3ccccc3)nnc12. The molecular weight excluding hydrogens is 360 g/mol. The Bertz CT molecular complexity index is 1170. The Balaban J connectivity index is 1.78. The number of aliphatic hydroxyl groups is 1. The second kappa shape index (κ2) is 7.38. The minimum absolute atomic E-state index is 0.119. The highest BCUT2D eigenvalue weighted by Gasteiger charge is 2.17. The van der Waals surface area contributed by atoms with Gasteiger partial charge in [-0.2, -0.15) is 0 Å². The summed E-state index contributed by atoms with van der Waals surface area (Å²) in [6.45, 7) is 4.08. The van der Waals surface area contributed by atoms with Gasteiger partial charge >= 0.3 is 0 Å². The molecule has 0 amide bonds. The van der Waals surface area contributed by atoms with Gasteiger partial charge in [-0.25, -0.2) is 0 Å². The minimum Gasteiger partial charge on any atom is -0.388 e. The summed E-state index contributed by atoms with van der Waals surface area (Å²) in [4.78, 5) is 12.8. The summed E-state index contributed by atoms with van der Waals surface area (Å²) in [5, 5.41) is 20.2. The summed E-state index contributed by atoms with van der Waals surface area (Å²) in [7, 11) is 0. The van der Waals surface area contributed by atoms with Gasteiger partial charge in [0.15, 0.2) is 5.16 Å². The zero-order valence-electron chi connectivity index (χ0n) is 14.5. The van der Waals surface area contributed by atoms with Crippen molar-refractivity contribution >= 4 is 28.4 Å². The third-order valence-electron chi connectivity index (χ3n) is 4.34. The largest absolute Gasteiger partial charge is 0.388 e. The Kier molecular flexibility index (Phi) is 4.79. The molecule has 0 bridgehead atoms. The number of thioether (sulfide) groups is 1. The van der Waals surface area contributed by atoms with Crippen LogP contribution in [0.25, 0.3) is 16.7 Å². The van der Waals surface area contributed by atoms with E-state index in [-0.39, 0.29) is 5.56 Å². The molecule has 136 valence electrons. The summed E-state index contributed by atoms with van der Waals surface area (Å²) in [5.74, 6) is 0.898. The lowest BCUT2D eigenvalue weighted by molar-refractivity contribution is 0.204. The fourth-order valence-corrected chi connectivity index (χ4v) is 3.95. The highest BCUT2D eigenvalue weighted by atomic mass is 32.2. The topological polar surface area (TPSA) is 72.4 Å². The summed E-state index contributed by atoms with van der Waals surface area (Å²) in [5.41, 5.74) is 1.48. The maximum atomic E-state index is 12.8. The number of nitrogens with zero attached hydrogens (tertiary/aromatic N) is 4. The number of fused-ring (bicyclic) bond motifs is 3. The fourth-order valence-electron chi connectivity index (χ4n) is 3.05. The van der Waals surface area contributed by atoms with Crippen LogP contribution in [-0.4, -0.2) is 30.0 Å². The molecule has 0 spiro atoms. The lowest BCUT2D eigenvalue weighted by Crippen LogP contribution is -2.22. The van der Waals surface area contributed by atoms with Crippen LogP contribution in [0.1, 0.15) is 11.7 Å². The van der Waals surface area contributed by atoms with Crippen molar-refractivity contribution in [3.8, 4) is 0 Å². The molecule has 0 aliphatic rings. The van der Waals surface area contributed by atoms with E-state index in [1.807, 2.05) is 52.9 Å². The van der Waals surface area contributed by atoms with Crippen LogP contribution in [0.2, 0.25) is 0 Å². The van der Waals surface area contributed by atoms with Gasteiger partial charge in [0, 0.05) is 12.3 Å². The molecule has 0 aliphatic carbocycles. The fraction of sp³-hybridized carbons (Fsp3) is 0.150. The predicted octanol–water partition coefficient (Wildman–Crippen LogP) is 3.06. The molecule has 4 rings (SSSR count). The second-order valence-electron chi connectivity index (χ2n) is 6.08. The molecule has 2 aromatic carbocycles. The molecule has 0 aliphatic heterocycles. The Morgan fingerprint density at radius 1 is 1.11 bits per heavy atom. The van der Waals surface area contributed by atoms with Crippen molar-refractivity contribution in [1.82, 2.24) is 19.2 Å². The van der Waals surface area contributed by atoms with Crippen LogP contribution < -0.4 is 5.56 Å². The minimum atomic E-state index is -0.617. The van der Waals surface area contributed by atoms with Crippen molar-refractivity contribution in [2.45, 2.75) is 17.8 Å². The lowest BCUT2D eigenvalue weighted by Gasteiger charge is -2.11. The Hall–Kier alpha value is -2.90. The average Bonchev–Trinajstić information content (AvgIpc) is 3.14. The number of hydrogen-bond acceptors (Lipinski definition) is 5. The third kappa shape index (κ3) is 3.15. The third-order valence-corrected chi connectivity index (χ3v) is 5.35. The quantitative estimate of drug-likeness (QED) is 0.412. The maximum absolute atomic E-state index is 12.8. The van der Waals surface area contributed by atoms with Crippen LogP contribution in [0.3, 0.4) is 0 Å². The second-order valence-corrected chi connectivity index (χ2v) is 7.06. The van der Waals surface area contributed by atoms with Crippen LogP contribution in [0.15, 0.2) is 77.2 Å². The Morgan fingerprint density at radius 2 is 1.85 bits per heavy atom. The summed E-state index contributed by atoms with van der Waals surface area (Å²) < 4.78 is 3.42. The van der Waals surface area contributed by atoms with Crippen LogP contribution in [0.5, 0.6) is 0 Å². The van der Waals surface area contributed by atoms with Crippen LogP contribution in [0, 0.1) is 0 Å². The van der Waals surface area contributed by atoms with Gasteiger partial charge in [-0.05, 0) is 17.7 Å². The first-order valence-corrected chi connectivity index (χ1v) is 9.52. The molecule has 4 aromatic rings. The molecule has 0 saturated carbocycles. The maximum Gasteiger partial charge on any atom is 0.263 e. The van der Waals surface area contributed by atoms with E-state index in [0.29, 0.717) is 28.6 Å². The first kappa shape index (κ1) is 17.5. The smallest absolute Gasteiger partial charge is 0.263 e. The van der Waals surface area contributed by atoms with Crippen LogP contribution in [0.4, 0.5) is 0 Å². The number of allylic oxidation sites excluding steroid dienone is 1. The number of para-hydroxylation sites is 1. The first-order valence-electron chi connectivity index (χ1n) is 8.54. The first-order chi connectivity index (χ1) is 13.2. The molecule has 6 nitrogen and oxygen atoms in total. The molecule has 1 N–H and O–H groups in total. The van der Waals surface area contributed by atoms with Gasteiger partial charge in [0.25, 0.3) is 5.56 Å². The van der Waals surface area contributed by atoms with Gasteiger partial charge in [-0.3, -0.25) is 13.8 Å². The monoisotopic (exact) mass is 378 g/mol. The van der Waals surface area contributed by atoms with Gasteiger partial charge in [-0.15, -0.1) is 16.8 Å². The molecule has 1 atom stereocenters. The molecular formula is C20H18N4O2S. The molecule has 27 heavy (non-hydrogen) atoms. The van der Waals surface area contributed by atoms with Gasteiger partial charge in [0.05, 0.1) is 17.0 Å². The van der Waals surface area contributed by atoms with E-state index in [1.165, 1.54) is 11.8 Å². The molecule has 0 unspecified atom stereocenters. The average molecular weight is 378 g/mol. The number of aromatic nitrogens is 4. The summed E-state index contributed by atoms with van der Waals surface area (Å²) in [6, 6.07) is 16.9. The predicted molar refractivity (Wildman–Crippen MR) is 107 cm³/mol. The number of hydrogen-bond donors (Lipinski definition) is 1. The van der Waals surface area contributed by atoms with Gasteiger partial charge in [0.1, 0.15) is 0 Å². The van der Waals surface area contributed by atoms with E-state index in [9.17, 15) is 9.90 Å². The molecule has 7 heteroatoms. The molecule has 0 saturated heterocycles. The zero-order chi connectivity index (χ0) is 18.8. The molecule has 2 aromatic heterocycles. The van der Waals surface area contributed by atoms with Crippen molar-refractivity contribution in [3.63, 3.8) is 0 Å². The Labute approximate surface area is 159 Å². The Morgan fingerprint density at radius 3 is 2.63 bits per heavy atom. The lowest BCUT2D eigenvalue weighted by atomic mass is 10.1. The van der Waals surface area contributed by atoms with Crippen molar-refractivity contribution in [3.05, 3.63) is 83.2 Å². The normalized spacial score (nSPS) is 12.5. The number of aliphatic hydroxyl groups excluding tert-OH is 1. The number of rotatable bonds is 6. The van der Waals surface area contributed by atoms with E-state index in [2.05, 4.69) is 16.8 Å². The van der Waals surface area contributed by atoms with E-state index in [0.717, 1.165) is 11.1 Å². The highest BCUT2D eigenvalue weighted by molar-refractivity contribution is 7.99. The molecule has 2 heterocycles. The zero-order valence-corrected chi connectivity index (χ0v) is 15.3. The van der Waals surface area contributed by atoms with Crippen molar-refractivity contribution < 1.29 is 5.11 Å². The standard InChI is InChI=1S/C20H18N4O2S/c1-2-12-23-18(26)15-10-6-7-11-16(15)24-19(23)21-22-20(24)27-13-17(25)14-8-4-3-5-9-14/h2-11,17,25H,1,12-13H2/t17-/m1/s1. The number of benzene rings is 2. The molecule has 0 fully saturated rings. The molecule has 0 radical (unpaired) electrons. The van der Waals surface area contributed by atoms with Gasteiger partial charge < -0.3 is 5.11 Å². The van der Waals surface area contributed by atoms with Crippen molar-refractivity contribution in [2.24, 2.45) is 0 Å². The van der Waals surface area contributed by atoms with E-state index in [4.69, 9.17) is 0 Å². The van der Waals surface area contributed by atoms with Gasteiger partial charge in [0.2, 0.25) is 5.78 Å². The van der Waals surface area contributed by atoms with Crippen molar-refractivity contribution in [2.75, 3.05) is 5.75 Å². The summed E-state index contributed by atoms with van der Waals surface area (Å²) in [6.07, 6.45) is 1.05. The van der Waals surface area contributed by atoms with Crippen LogP contribution in [-0.2, 0) is 6.54 Å². The van der Waals surface area contributed by atoms with E-state index < -0.39 is 6.10 Å². The van der Waals surface area contributed by atoms with E-state index in [1.54, 1.807) is 16.7 Å². The summed E-state index contributed by atoms with van der Waals surface area (Å²) >= 11 is 1.41. The highest BCUT2D eigenvalue weighted by Crippen LogP contribution is 2.26. The van der Waals surface area contributed by atoms with Gasteiger partial charge in [-0.1, -0.05) is 60.3 Å². The van der Waals surface area contributed by atoms with Crippen molar-refractivity contribution in [1.29, 1.82) is 0 Å². The van der Waals surface area contributed by atoms with Crippen LogP contribution >= 0.6 is 11.8 Å².